The molecule has 0 amide bonds. The quantitative estimate of drug-likeness (QED) is 0.779. The lowest BCUT2D eigenvalue weighted by Gasteiger charge is -2.00. The molecule has 0 unspecified atom stereocenters. The number of aryl methyl sites for hydroxylation is 2. The van der Waals surface area contributed by atoms with Crippen molar-refractivity contribution in [3.05, 3.63) is 65.7 Å². The van der Waals surface area contributed by atoms with Crippen molar-refractivity contribution >= 4 is 12.9 Å². The number of rotatable bonds is 1. The van der Waals surface area contributed by atoms with Gasteiger partial charge in [0, 0.05) is 0 Å². The van der Waals surface area contributed by atoms with Crippen molar-refractivity contribution in [2.45, 2.75) is 13.8 Å². The molecule has 2 aromatic rings. The Morgan fingerprint density at radius 3 is 1.44 bits per heavy atom. The molecule has 2 N–H and O–H groups in total. The molecule has 0 aliphatic heterocycles. The smallest absolute Gasteiger partial charge is 0.321 e. The Hall–Kier alpha value is -1.41. The molecule has 0 bridgehead atoms. The third-order valence-corrected chi connectivity index (χ3v) is 3.49. The van der Waals surface area contributed by atoms with Crippen molar-refractivity contribution in [2.24, 2.45) is 0 Å². The average Bonchev–Trinajstić information content (AvgIpc) is 2.34. The second-order valence-corrected chi connectivity index (χ2v) is 5.57. The molecule has 0 spiro atoms. The zero-order valence-electron chi connectivity index (χ0n) is 10.4. The summed E-state index contributed by atoms with van der Waals surface area (Å²) in [5.41, 5.74) is 2.74. The topological polar surface area (TPSA) is 57.5 Å². The normalized spacial score (nSPS) is 10.4. The van der Waals surface area contributed by atoms with E-state index in [9.17, 15) is 4.57 Å². The molecule has 2 aromatic carbocycles. The van der Waals surface area contributed by atoms with E-state index in [0.717, 1.165) is 0 Å². The van der Waals surface area contributed by atoms with Gasteiger partial charge in [0.25, 0.3) is 0 Å². The van der Waals surface area contributed by atoms with Gasteiger partial charge in [-0.1, -0.05) is 42.5 Å². The van der Waals surface area contributed by atoms with Gasteiger partial charge in [0.2, 0.25) is 0 Å². The minimum absolute atomic E-state index is 0.0648. The highest BCUT2D eigenvalue weighted by molar-refractivity contribution is 7.60. The fourth-order valence-electron chi connectivity index (χ4n) is 1.28. The van der Waals surface area contributed by atoms with E-state index in [-0.39, 0.29) is 5.30 Å². The van der Waals surface area contributed by atoms with Gasteiger partial charge in [-0.05, 0) is 37.1 Å². The van der Waals surface area contributed by atoms with E-state index >= 15 is 0 Å². The predicted molar refractivity (Wildman–Crippen MR) is 74.0 cm³/mol. The third kappa shape index (κ3) is 4.84. The van der Waals surface area contributed by atoms with Crippen molar-refractivity contribution in [3.8, 4) is 0 Å². The Morgan fingerprint density at radius 1 is 0.778 bits per heavy atom. The lowest BCUT2D eigenvalue weighted by atomic mass is 10.1. The monoisotopic (exact) mass is 264 g/mol. The highest BCUT2D eigenvalue weighted by atomic mass is 31.2. The van der Waals surface area contributed by atoms with Crippen molar-refractivity contribution in [2.75, 3.05) is 0 Å². The highest BCUT2D eigenvalue weighted by Gasteiger charge is 2.14. The van der Waals surface area contributed by atoms with Crippen LogP contribution in [0.25, 0.3) is 0 Å². The minimum atomic E-state index is -4.02. The summed E-state index contributed by atoms with van der Waals surface area (Å²) in [6, 6.07) is 16.1. The molecule has 0 radical (unpaired) electrons. The van der Waals surface area contributed by atoms with Crippen LogP contribution in [-0.2, 0) is 4.57 Å². The molecule has 0 heterocycles. The second-order valence-electron chi connectivity index (χ2n) is 3.96. The highest BCUT2D eigenvalue weighted by Crippen LogP contribution is 2.32. The zero-order valence-corrected chi connectivity index (χ0v) is 11.3. The summed E-state index contributed by atoms with van der Waals surface area (Å²) in [7, 11) is -4.02. The lowest BCUT2D eigenvalue weighted by molar-refractivity contribution is 0.387. The first kappa shape index (κ1) is 14.7. The molecule has 2 rings (SSSR count). The number of hydrogen-bond donors (Lipinski definition) is 2. The van der Waals surface area contributed by atoms with Crippen molar-refractivity contribution in [3.63, 3.8) is 0 Å². The van der Waals surface area contributed by atoms with E-state index in [1.165, 1.54) is 23.3 Å². The number of benzene rings is 2. The molecule has 0 aromatic heterocycles. The van der Waals surface area contributed by atoms with Gasteiger partial charge in [-0.25, -0.2) is 0 Å². The number of hydrogen-bond acceptors (Lipinski definition) is 1. The van der Waals surface area contributed by atoms with Gasteiger partial charge in [-0.2, -0.15) is 0 Å². The van der Waals surface area contributed by atoms with Crippen molar-refractivity contribution in [1.82, 2.24) is 0 Å². The molecule has 96 valence electrons. The van der Waals surface area contributed by atoms with Crippen LogP contribution in [-0.4, -0.2) is 9.79 Å². The van der Waals surface area contributed by atoms with Gasteiger partial charge in [0.15, 0.2) is 0 Å². The van der Waals surface area contributed by atoms with Crippen LogP contribution >= 0.6 is 7.60 Å². The van der Waals surface area contributed by atoms with E-state index in [2.05, 4.69) is 38.1 Å². The van der Waals surface area contributed by atoms with Gasteiger partial charge < -0.3 is 9.79 Å². The van der Waals surface area contributed by atoms with Crippen LogP contribution in [0.3, 0.4) is 0 Å². The maximum atomic E-state index is 10.5. The van der Waals surface area contributed by atoms with Crippen LogP contribution in [0.15, 0.2) is 54.6 Å². The maximum Gasteiger partial charge on any atom is 0.356 e. The summed E-state index contributed by atoms with van der Waals surface area (Å²) in [4.78, 5) is 17.2. The van der Waals surface area contributed by atoms with Crippen LogP contribution in [0.4, 0.5) is 0 Å². The third-order valence-electron chi connectivity index (χ3n) is 2.52. The van der Waals surface area contributed by atoms with Gasteiger partial charge >= 0.3 is 7.60 Å². The predicted octanol–water partition coefficient (Wildman–Crippen LogP) is 2.79. The Morgan fingerprint density at radius 2 is 1.17 bits per heavy atom. The van der Waals surface area contributed by atoms with Crippen molar-refractivity contribution in [1.29, 1.82) is 0 Å². The van der Waals surface area contributed by atoms with Gasteiger partial charge in [0.05, 0.1) is 5.30 Å². The Balaban J connectivity index is 0.000000184. The molecule has 4 heteroatoms. The van der Waals surface area contributed by atoms with E-state index in [0.29, 0.717) is 0 Å². The summed E-state index contributed by atoms with van der Waals surface area (Å²) >= 11 is 0. The first-order valence-electron chi connectivity index (χ1n) is 5.54. The summed E-state index contributed by atoms with van der Waals surface area (Å²) in [5, 5.41) is 0.0648. The second kappa shape index (κ2) is 6.50. The molecular formula is C14H17O3P. The van der Waals surface area contributed by atoms with Gasteiger partial charge in [-0.15, -0.1) is 0 Å². The van der Waals surface area contributed by atoms with Crippen LogP contribution in [0.5, 0.6) is 0 Å². The molecule has 0 fully saturated rings. The largest absolute Gasteiger partial charge is 0.356 e. The molecule has 0 aliphatic rings. The first-order chi connectivity index (χ1) is 8.41. The molecule has 0 aliphatic carbocycles. The Bertz CT molecular complexity index is 511. The maximum absolute atomic E-state index is 10.5. The lowest BCUT2D eigenvalue weighted by Crippen LogP contribution is -2.01. The Kier molecular flexibility index (Phi) is 5.29. The van der Waals surface area contributed by atoms with Gasteiger partial charge in [-0.3, -0.25) is 4.57 Å². The Labute approximate surface area is 107 Å². The molecule has 18 heavy (non-hydrogen) atoms. The molecular weight excluding hydrogens is 247 g/mol. The van der Waals surface area contributed by atoms with E-state index in [1.807, 2.05) is 0 Å². The van der Waals surface area contributed by atoms with Gasteiger partial charge in [0.1, 0.15) is 0 Å². The summed E-state index contributed by atoms with van der Waals surface area (Å²) in [5.74, 6) is 0. The van der Waals surface area contributed by atoms with Crippen LogP contribution in [0, 0.1) is 13.8 Å². The zero-order chi connectivity index (χ0) is 13.6. The fourth-order valence-corrected chi connectivity index (χ4v) is 1.85. The average molecular weight is 264 g/mol. The standard InChI is InChI=1S/C8H10.C6H7O3P/c1-7-5-3-4-6-8(7)2;7-10(8,9)6-4-2-1-3-5-6/h3-6H,1-2H3;1-5H,(H2,7,8,9). The van der Waals surface area contributed by atoms with Crippen LogP contribution < -0.4 is 5.30 Å². The van der Waals surface area contributed by atoms with Crippen molar-refractivity contribution < 1.29 is 14.4 Å². The van der Waals surface area contributed by atoms with Crippen LogP contribution in [0.2, 0.25) is 0 Å². The fraction of sp³-hybridized carbons (Fsp3) is 0.143. The molecule has 0 saturated heterocycles. The molecule has 0 atom stereocenters. The summed E-state index contributed by atoms with van der Waals surface area (Å²) < 4.78 is 10.5. The van der Waals surface area contributed by atoms with E-state index in [4.69, 9.17) is 9.79 Å². The SMILES string of the molecule is Cc1ccccc1C.O=P(O)(O)c1ccccc1. The summed E-state index contributed by atoms with van der Waals surface area (Å²) in [6.07, 6.45) is 0. The minimum Gasteiger partial charge on any atom is -0.321 e. The first-order valence-corrected chi connectivity index (χ1v) is 7.16. The van der Waals surface area contributed by atoms with E-state index < -0.39 is 7.60 Å². The summed E-state index contributed by atoms with van der Waals surface area (Å²) in [6.45, 7) is 4.24. The van der Waals surface area contributed by atoms with E-state index in [1.54, 1.807) is 18.2 Å². The van der Waals surface area contributed by atoms with Crippen LogP contribution in [0.1, 0.15) is 11.1 Å². The molecule has 3 nitrogen and oxygen atoms in total. The molecule has 0 saturated carbocycles.